The third kappa shape index (κ3) is 2.14. The van der Waals surface area contributed by atoms with Gasteiger partial charge in [0.25, 0.3) is 0 Å². The molecule has 0 aliphatic carbocycles. The van der Waals surface area contributed by atoms with Gasteiger partial charge in [0.05, 0.1) is 5.56 Å². The second kappa shape index (κ2) is 4.65. The highest BCUT2D eigenvalue weighted by atomic mass is 16.4. The zero-order chi connectivity index (χ0) is 13.3. The van der Waals surface area contributed by atoms with Gasteiger partial charge in [-0.05, 0) is 60.7 Å². The summed E-state index contributed by atoms with van der Waals surface area (Å²) in [5.41, 5.74) is 6.10. The van der Waals surface area contributed by atoms with Crippen LogP contribution in [-0.2, 0) is 0 Å². The summed E-state index contributed by atoms with van der Waals surface area (Å²) in [6, 6.07) is 11.2. The van der Waals surface area contributed by atoms with E-state index in [1.807, 2.05) is 6.07 Å². The van der Waals surface area contributed by atoms with Crippen molar-refractivity contribution in [2.45, 2.75) is 20.8 Å². The summed E-state index contributed by atoms with van der Waals surface area (Å²) >= 11 is 0. The molecule has 0 bridgehead atoms. The fourth-order valence-corrected chi connectivity index (χ4v) is 2.09. The third-order valence-electron chi connectivity index (χ3n) is 3.48. The summed E-state index contributed by atoms with van der Waals surface area (Å²) in [6.45, 7) is 6.25. The van der Waals surface area contributed by atoms with Crippen LogP contribution in [0.4, 0.5) is 0 Å². The quantitative estimate of drug-likeness (QED) is 0.862. The van der Waals surface area contributed by atoms with Crippen LogP contribution in [0, 0.1) is 20.8 Å². The largest absolute Gasteiger partial charge is 0.478 e. The molecule has 0 amide bonds. The number of carbonyl (C=O) groups is 1. The summed E-state index contributed by atoms with van der Waals surface area (Å²) in [4.78, 5) is 11.0. The molecule has 1 N–H and O–H groups in total. The van der Waals surface area contributed by atoms with Crippen molar-refractivity contribution < 1.29 is 9.90 Å². The Hall–Kier alpha value is -2.09. The monoisotopic (exact) mass is 240 g/mol. The minimum absolute atomic E-state index is 0.324. The number of carboxylic acid groups (broad SMARTS) is 1. The maximum absolute atomic E-state index is 11.0. The topological polar surface area (TPSA) is 37.3 Å². The van der Waals surface area contributed by atoms with Crippen molar-refractivity contribution in [3.8, 4) is 11.1 Å². The molecule has 0 atom stereocenters. The van der Waals surface area contributed by atoms with E-state index in [0.717, 1.165) is 11.1 Å². The lowest BCUT2D eigenvalue weighted by atomic mass is 9.93. The number of benzene rings is 2. The Morgan fingerprint density at radius 2 is 1.72 bits per heavy atom. The molecule has 92 valence electrons. The second-order valence-electron chi connectivity index (χ2n) is 4.57. The van der Waals surface area contributed by atoms with Crippen molar-refractivity contribution >= 4 is 5.97 Å². The Balaban J connectivity index is 2.59. The molecule has 18 heavy (non-hydrogen) atoms. The predicted octanol–water partition coefficient (Wildman–Crippen LogP) is 3.98. The maximum Gasteiger partial charge on any atom is 0.335 e. The number of aryl methyl sites for hydroxylation is 1. The van der Waals surface area contributed by atoms with Crippen LogP contribution >= 0.6 is 0 Å². The van der Waals surface area contributed by atoms with Crippen molar-refractivity contribution in [1.82, 2.24) is 0 Å². The Labute approximate surface area is 107 Å². The van der Waals surface area contributed by atoms with Crippen LogP contribution in [0.25, 0.3) is 11.1 Å². The van der Waals surface area contributed by atoms with Gasteiger partial charge in [0.15, 0.2) is 0 Å². The Kier molecular flexibility index (Phi) is 3.19. The average molecular weight is 240 g/mol. The van der Waals surface area contributed by atoms with Gasteiger partial charge >= 0.3 is 5.97 Å². The molecule has 0 aliphatic heterocycles. The van der Waals surface area contributed by atoms with E-state index in [9.17, 15) is 4.79 Å². The van der Waals surface area contributed by atoms with Crippen LogP contribution in [0.2, 0.25) is 0 Å². The van der Waals surface area contributed by atoms with Gasteiger partial charge in [-0.1, -0.05) is 24.3 Å². The third-order valence-corrected chi connectivity index (χ3v) is 3.48. The predicted molar refractivity (Wildman–Crippen MR) is 73.0 cm³/mol. The Morgan fingerprint density at radius 3 is 2.39 bits per heavy atom. The summed E-state index contributed by atoms with van der Waals surface area (Å²) in [5.74, 6) is -0.890. The molecule has 2 aromatic carbocycles. The number of hydrogen-bond donors (Lipinski definition) is 1. The highest BCUT2D eigenvalue weighted by molar-refractivity contribution is 5.89. The minimum atomic E-state index is -0.890. The van der Waals surface area contributed by atoms with Crippen LogP contribution in [0.3, 0.4) is 0 Å². The van der Waals surface area contributed by atoms with Gasteiger partial charge in [-0.3, -0.25) is 0 Å². The fourth-order valence-electron chi connectivity index (χ4n) is 2.09. The first-order valence-corrected chi connectivity index (χ1v) is 5.91. The van der Waals surface area contributed by atoms with Crippen molar-refractivity contribution in [3.05, 3.63) is 58.7 Å². The van der Waals surface area contributed by atoms with Gasteiger partial charge < -0.3 is 5.11 Å². The molecular weight excluding hydrogens is 224 g/mol. The maximum atomic E-state index is 11.0. The normalized spacial score (nSPS) is 10.4. The van der Waals surface area contributed by atoms with E-state index in [2.05, 4.69) is 32.9 Å². The highest BCUT2D eigenvalue weighted by Crippen LogP contribution is 2.27. The Morgan fingerprint density at radius 1 is 1.00 bits per heavy atom. The molecule has 0 aliphatic rings. The van der Waals surface area contributed by atoms with E-state index < -0.39 is 5.97 Å². The first kappa shape index (κ1) is 12.4. The van der Waals surface area contributed by atoms with Crippen LogP contribution < -0.4 is 0 Å². The highest BCUT2D eigenvalue weighted by Gasteiger charge is 2.08. The number of aromatic carboxylic acids is 1. The van der Waals surface area contributed by atoms with Crippen molar-refractivity contribution in [2.24, 2.45) is 0 Å². The van der Waals surface area contributed by atoms with Gasteiger partial charge in [-0.15, -0.1) is 0 Å². The number of hydrogen-bond acceptors (Lipinski definition) is 1. The zero-order valence-electron chi connectivity index (χ0n) is 10.8. The van der Waals surface area contributed by atoms with Gasteiger partial charge in [0.1, 0.15) is 0 Å². The lowest BCUT2D eigenvalue weighted by Crippen LogP contribution is -1.97. The first-order chi connectivity index (χ1) is 8.50. The van der Waals surface area contributed by atoms with Gasteiger partial charge in [-0.25, -0.2) is 4.79 Å². The number of carboxylic acids is 1. The van der Waals surface area contributed by atoms with E-state index in [1.54, 1.807) is 18.2 Å². The molecule has 0 heterocycles. The molecule has 0 saturated heterocycles. The van der Waals surface area contributed by atoms with E-state index in [1.165, 1.54) is 16.7 Å². The molecule has 2 aromatic rings. The lowest BCUT2D eigenvalue weighted by molar-refractivity contribution is 0.0697. The zero-order valence-corrected chi connectivity index (χ0v) is 10.8. The Bertz CT molecular complexity index is 612. The van der Waals surface area contributed by atoms with Crippen molar-refractivity contribution in [2.75, 3.05) is 0 Å². The van der Waals surface area contributed by atoms with Crippen LogP contribution in [0.5, 0.6) is 0 Å². The van der Waals surface area contributed by atoms with Crippen LogP contribution in [-0.4, -0.2) is 11.1 Å². The van der Waals surface area contributed by atoms with Gasteiger partial charge in [-0.2, -0.15) is 0 Å². The van der Waals surface area contributed by atoms with Crippen LogP contribution in [0.1, 0.15) is 27.0 Å². The summed E-state index contributed by atoms with van der Waals surface area (Å²) < 4.78 is 0. The van der Waals surface area contributed by atoms with Gasteiger partial charge in [0, 0.05) is 0 Å². The molecule has 0 radical (unpaired) electrons. The molecular formula is C16H16O2. The second-order valence-corrected chi connectivity index (χ2v) is 4.57. The number of rotatable bonds is 2. The van der Waals surface area contributed by atoms with Crippen LogP contribution in [0.15, 0.2) is 36.4 Å². The molecule has 0 unspecified atom stereocenters. The molecule has 0 saturated carbocycles. The molecule has 2 heteroatoms. The summed E-state index contributed by atoms with van der Waals surface area (Å²) in [5, 5.41) is 9.02. The van der Waals surface area contributed by atoms with E-state index >= 15 is 0 Å². The summed E-state index contributed by atoms with van der Waals surface area (Å²) in [7, 11) is 0. The SMILES string of the molecule is Cc1ccc(-c2cccc(C(=O)O)c2)c(C)c1C. The molecule has 0 spiro atoms. The van der Waals surface area contributed by atoms with E-state index in [0.29, 0.717) is 5.56 Å². The molecule has 2 rings (SSSR count). The van der Waals surface area contributed by atoms with Crippen molar-refractivity contribution in [1.29, 1.82) is 0 Å². The van der Waals surface area contributed by atoms with E-state index in [-0.39, 0.29) is 0 Å². The first-order valence-electron chi connectivity index (χ1n) is 5.91. The minimum Gasteiger partial charge on any atom is -0.478 e. The van der Waals surface area contributed by atoms with Gasteiger partial charge in [0.2, 0.25) is 0 Å². The molecule has 2 nitrogen and oxygen atoms in total. The lowest BCUT2D eigenvalue weighted by Gasteiger charge is -2.11. The van der Waals surface area contributed by atoms with E-state index in [4.69, 9.17) is 5.11 Å². The average Bonchev–Trinajstić information content (AvgIpc) is 2.36. The smallest absolute Gasteiger partial charge is 0.335 e. The fraction of sp³-hybridized carbons (Fsp3) is 0.188. The molecule has 0 fully saturated rings. The van der Waals surface area contributed by atoms with Crippen molar-refractivity contribution in [3.63, 3.8) is 0 Å². The molecule has 0 aromatic heterocycles. The standard InChI is InChI=1S/C16H16O2/c1-10-7-8-15(12(3)11(10)2)13-5-4-6-14(9-13)16(17)18/h4-9H,1-3H3,(H,17,18). The summed E-state index contributed by atoms with van der Waals surface area (Å²) in [6.07, 6.45) is 0.